The van der Waals surface area contributed by atoms with Crippen LogP contribution in [0.3, 0.4) is 0 Å². The average molecular weight is 438 g/mol. The number of hydrogen-bond donors (Lipinski definition) is 1. The van der Waals surface area contributed by atoms with Gasteiger partial charge < -0.3 is 24.4 Å². The van der Waals surface area contributed by atoms with Crippen LogP contribution < -0.4 is 25.4 Å². The zero-order valence-corrected chi connectivity index (χ0v) is 17.7. The van der Waals surface area contributed by atoms with Crippen molar-refractivity contribution in [3.8, 4) is 28.4 Å². The number of fused-ring (bicyclic) bond motifs is 1. The van der Waals surface area contributed by atoms with Crippen molar-refractivity contribution in [2.75, 3.05) is 20.0 Å². The van der Waals surface area contributed by atoms with Gasteiger partial charge in [-0.25, -0.2) is 0 Å². The highest BCUT2D eigenvalue weighted by atomic mass is 35.5. The summed E-state index contributed by atoms with van der Waals surface area (Å²) in [7, 11) is 3.07. The maximum Gasteiger partial charge on any atom is 0.202 e. The van der Waals surface area contributed by atoms with Gasteiger partial charge in [-0.3, -0.25) is 4.79 Å². The topological polar surface area (TPSA) is 83.9 Å². The molecule has 0 unspecified atom stereocenters. The standard InChI is InChI=1S/C24H20ClNO5/c1-28-19-10-7-14(11-21(19)29-2)22-23(27)17-9-8-16(12-20(17)31-24(22)26)30-13-15-5-3-4-6-18(15)25/h3-12H,13,26H2,1-2H3. The fourth-order valence-electron chi connectivity index (χ4n) is 3.32. The van der Waals surface area contributed by atoms with Crippen molar-refractivity contribution in [3.63, 3.8) is 0 Å². The summed E-state index contributed by atoms with van der Waals surface area (Å²) in [5, 5.41) is 1.02. The van der Waals surface area contributed by atoms with E-state index in [0.29, 0.717) is 38.8 Å². The van der Waals surface area contributed by atoms with Gasteiger partial charge in [0.15, 0.2) is 11.5 Å². The fourth-order valence-corrected chi connectivity index (χ4v) is 3.51. The zero-order chi connectivity index (χ0) is 22.0. The molecule has 0 aliphatic heterocycles. The molecule has 0 saturated carbocycles. The summed E-state index contributed by atoms with van der Waals surface area (Å²) in [6.07, 6.45) is 0. The first-order valence-corrected chi connectivity index (χ1v) is 9.84. The van der Waals surface area contributed by atoms with Gasteiger partial charge in [-0.15, -0.1) is 0 Å². The first-order chi connectivity index (χ1) is 15.0. The number of nitrogen functional groups attached to an aromatic ring is 1. The number of ether oxygens (including phenoxy) is 3. The number of hydrogen-bond acceptors (Lipinski definition) is 6. The van der Waals surface area contributed by atoms with Crippen molar-refractivity contribution in [1.29, 1.82) is 0 Å². The third-order valence-corrected chi connectivity index (χ3v) is 5.28. The van der Waals surface area contributed by atoms with Gasteiger partial charge in [0.2, 0.25) is 11.3 Å². The summed E-state index contributed by atoms with van der Waals surface area (Å²) in [6.45, 7) is 0.286. The van der Waals surface area contributed by atoms with E-state index in [1.54, 1.807) is 49.6 Å². The quantitative estimate of drug-likeness (QED) is 0.441. The van der Waals surface area contributed by atoms with Crippen LogP contribution in [0.15, 0.2) is 69.9 Å². The molecule has 6 nitrogen and oxygen atoms in total. The van der Waals surface area contributed by atoms with Gasteiger partial charge in [0.05, 0.1) is 25.2 Å². The molecule has 7 heteroatoms. The average Bonchev–Trinajstić information content (AvgIpc) is 2.78. The Hall–Kier alpha value is -3.64. The maximum absolute atomic E-state index is 13.2. The first-order valence-electron chi connectivity index (χ1n) is 9.46. The molecule has 0 aliphatic rings. The van der Waals surface area contributed by atoms with E-state index in [-0.39, 0.29) is 23.5 Å². The van der Waals surface area contributed by atoms with Gasteiger partial charge in [-0.1, -0.05) is 35.9 Å². The van der Waals surface area contributed by atoms with Gasteiger partial charge in [-0.2, -0.15) is 0 Å². The lowest BCUT2D eigenvalue weighted by Gasteiger charge is -2.12. The van der Waals surface area contributed by atoms with Crippen molar-refractivity contribution < 1.29 is 18.6 Å². The largest absolute Gasteiger partial charge is 0.493 e. The Balaban J connectivity index is 1.70. The fraction of sp³-hybridized carbons (Fsp3) is 0.125. The molecule has 0 aliphatic carbocycles. The molecule has 0 bridgehead atoms. The molecule has 4 rings (SSSR count). The number of halogens is 1. The molecule has 31 heavy (non-hydrogen) atoms. The van der Waals surface area contributed by atoms with Crippen LogP contribution in [0.5, 0.6) is 17.2 Å². The van der Waals surface area contributed by atoms with Gasteiger partial charge in [-0.05, 0) is 35.9 Å². The third-order valence-electron chi connectivity index (χ3n) is 4.92. The molecule has 3 aromatic carbocycles. The van der Waals surface area contributed by atoms with Gasteiger partial charge >= 0.3 is 0 Å². The van der Waals surface area contributed by atoms with Crippen LogP contribution >= 0.6 is 11.6 Å². The monoisotopic (exact) mass is 437 g/mol. The molecule has 158 valence electrons. The molecule has 0 spiro atoms. The lowest BCUT2D eigenvalue weighted by molar-refractivity contribution is 0.306. The highest BCUT2D eigenvalue weighted by Gasteiger charge is 2.17. The second-order valence-corrected chi connectivity index (χ2v) is 7.19. The minimum Gasteiger partial charge on any atom is -0.493 e. The minimum atomic E-state index is -0.247. The van der Waals surface area contributed by atoms with Crippen molar-refractivity contribution in [2.24, 2.45) is 0 Å². The predicted octanol–water partition coefficient (Wildman–Crippen LogP) is 5.29. The Kier molecular flexibility index (Phi) is 5.73. The molecule has 0 saturated heterocycles. The summed E-state index contributed by atoms with van der Waals surface area (Å²) in [6, 6.07) is 17.6. The predicted molar refractivity (Wildman–Crippen MR) is 121 cm³/mol. The second kappa shape index (κ2) is 8.62. The van der Waals surface area contributed by atoms with E-state index < -0.39 is 0 Å². The molecule has 0 radical (unpaired) electrons. The third kappa shape index (κ3) is 4.02. The van der Waals surface area contributed by atoms with E-state index in [9.17, 15) is 4.79 Å². The first kappa shape index (κ1) is 20.6. The molecule has 1 aromatic heterocycles. The summed E-state index contributed by atoms with van der Waals surface area (Å²) in [5.41, 5.74) is 7.90. The Morgan fingerprint density at radius 1 is 0.968 bits per heavy atom. The summed E-state index contributed by atoms with van der Waals surface area (Å²) in [5.74, 6) is 1.58. The molecule has 2 N–H and O–H groups in total. The van der Waals surface area contributed by atoms with Crippen LogP contribution in [-0.4, -0.2) is 14.2 Å². The van der Waals surface area contributed by atoms with E-state index in [4.69, 9.17) is 36.0 Å². The molecular weight excluding hydrogens is 418 g/mol. The van der Waals surface area contributed by atoms with Crippen LogP contribution in [0.2, 0.25) is 5.02 Å². The smallest absolute Gasteiger partial charge is 0.202 e. The Bertz CT molecular complexity index is 1320. The lowest BCUT2D eigenvalue weighted by atomic mass is 10.0. The van der Waals surface area contributed by atoms with Crippen molar-refractivity contribution in [1.82, 2.24) is 0 Å². The zero-order valence-electron chi connectivity index (χ0n) is 17.0. The van der Waals surface area contributed by atoms with E-state index in [0.717, 1.165) is 5.56 Å². The molecule has 1 heterocycles. The summed E-state index contributed by atoms with van der Waals surface area (Å²) in [4.78, 5) is 13.2. The number of methoxy groups -OCH3 is 2. The van der Waals surface area contributed by atoms with Crippen LogP contribution in [0.25, 0.3) is 22.1 Å². The number of benzene rings is 3. The normalized spacial score (nSPS) is 10.8. The number of nitrogens with two attached hydrogens (primary N) is 1. The van der Waals surface area contributed by atoms with Crippen LogP contribution in [0.1, 0.15) is 5.56 Å². The number of rotatable bonds is 6. The Labute approximate surface area is 183 Å². The summed E-state index contributed by atoms with van der Waals surface area (Å²) >= 11 is 6.17. The molecule has 0 fully saturated rings. The highest BCUT2D eigenvalue weighted by Crippen LogP contribution is 2.34. The van der Waals surface area contributed by atoms with Crippen molar-refractivity contribution >= 4 is 28.5 Å². The van der Waals surface area contributed by atoms with Crippen LogP contribution in [-0.2, 0) is 6.61 Å². The molecule has 0 atom stereocenters. The SMILES string of the molecule is COc1ccc(-c2c(N)oc3cc(OCc4ccccc4Cl)ccc3c2=O)cc1OC. The number of anilines is 1. The van der Waals surface area contributed by atoms with E-state index >= 15 is 0 Å². The molecule has 4 aromatic rings. The minimum absolute atomic E-state index is 0.00738. The van der Waals surface area contributed by atoms with E-state index in [1.165, 1.54) is 7.11 Å². The van der Waals surface area contributed by atoms with Gasteiger partial charge in [0.1, 0.15) is 17.9 Å². The highest BCUT2D eigenvalue weighted by molar-refractivity contribution is 6.31. The van der Waals surface area contributed by atoms with Crippen molar-refractivity contribution in [2.45, 2.75) is 6.61 Å². The summed E-state index contributed by atoms with van der Waals surface area (Å²) < 4.78 is 22.2. The van der Waals surface area contributed by atoms with Crippen molar-refractivity contribution in [3.05, 3.63) is 81.5 Å². The van der Waals surface area contributed by atoms with Crippen LogP contribution in [0, 0.1) is 0 Å². The molecular formula is C24H20ClNO5. The Morgan fingerprint density at radius 3 is 2.48 bits per heavy atom. The van der Waals surface area contributed by atoms with Gasteiger partial charge in [0, 0.05) is 16.7 Å². The van der Waals surface area contributed by atoms with E-state index in [1.807, 2.05) is 18.2 Å². The van der Waals surface area contributed by atoms with Crippen LogP contribution in [0.4, 0.5) is 5.88 Å². The maximum atomic E-state index is 13.2. The second-order valence-electron chi connectivity index (χ2n) is 6.78. The van der Waals surface area contributed by atoms with E-state index in [2.05, 4.69) is 0 Å². The Morgan fingerprint density at radius 2 is 1.74 bits per heavy atom. The van der Waals surface area contributed by atoms with Gasteiger partial charge in [0.25, 0.3) is 0 Å². The lowest BCUT2D eigenvalue weighted by Crippen LogP contribution is -2.09. The molecule has 0 amide bonds.